The summed E-state index contributed by atoms with van der Waals surface area (Å²) < 4.78 is 5.43. The van der Waals surface area contributed by atoms with Gasteiger partial charge in [-0.3, -0.25) is 28.8 Å². The first-order valence-electron chi connectivity index (χ1n) is 16.2. The molecule has 0 unspecified atom stereocenters. The summed E-state index contributed by atoms with van der Waals surface area (Å²) in [5, 5.41) is 60.5. The topological polar surface area (TPSA) is 334 Å². The highest BCUT2D eigenvalue weighted by molar-refractivity contribution is 5.95. The van der Waals surface area contributed by atoms with Gasteiger partial charge in [0.1, 0.15) is 48.6 Å². The Hall–Kier alpha value is -3.05. The number of aliphatic hydroxyl groups is 5. The number of ether oxygens (including phenoxy) is 1. The molecule has 1 heterocycles. The fourth-order valence-corrected chi connectivity index (χ4v) is 4.85. The van der Waals surface area contributed by atoms with Crippen LogP contribution >= 0.6 is 0 Å². The van der Waals surface area contributed by atoms with E-state index < -0.39 is 104 Å². The van der Waals surface area contributed by atoms with E-state index >= 15 is 0 Å². The number of nitrogens with one attached hydrogen (secondary N) is 4. The minimum atomic E-state index is -1.68. The number of hydroxylamine groups is 2. The van der Waals surface area contributed by atoms with Crippen molar-refractivity contribution in [3.05, 3.63) is 0 Å². The molecular weight excluding hydrogens is 652 g/mol. The van der Waals surface area contributed by atoms with E-state index in [1.165, 1.54) is 14.0 Å². The van der Waals surface area contributed by atoms with Crippen LogP contribution in [0.1, 0.15) is 52.9 Å². The van der Waals surface area contributed by atoms with Gasteiger partial charge in [0.05, 0.1) is 25.9 Å². The van der Waals surface area contributed by atoms with Crippen molar-refractivity contribution in [3.63, 3.8) is 0 Å². The standard InChI is InChI=1S/C29H56N8O12/c1-14(2)11-16(31)26(45)33-15(3)25(44)35-18(8-10-48-37(4)29-23(42)22(41)21(40)20(13-39)49-29)27(46)36-19(12-38)28(47)34-17(24(32)43)7-5-6-9-30/h14-23,29,38-42H,5-13,30-31H2,1-4H3,(H2,32,43)(H,33,45)(H,34,47)(H,35,44)(H,36,46)/t15-,16-,17-,18-,19-,20+,21+,22-,23+,29+/m0/s1. The number of nitrogens with zero attached hydrogens (tertiary/aromatic N) is 1. The molecule has 1 fully saturated rings. The van der Waals surface area contributed by atoms with Gasteiger partial charge in [-0.05, 0) is 45.1 Å². The maximum absolute atomic E-state index is 13.4. The Bertz CT molecular complexity index is 1070. The first kappa shape index (κ1) is 44.0. The molecule has 0 spiro atoms. The van der Waals surface area contributed by atoms with Crippen molar-refractivity contribution >= 4 is 29.5 Å². The lowest BCUT2D eigenvalue weighted by Gasteiger charge is -2.42. The van der Waals surface area contributed by atoms with Crippen LogP contribution in [0.2, 0.25) is 0 Å². The van der Waals surface area contributed by atoms with E-state index in [1.54, 1.807) is 0 Å². The highest BCUT2D eigenvalue weighted by atomic mass is 16.7. The van der Waals surface area contributed by atoms with Gasteiger partial charge in [-0.15, -0.1) is 0 Å². The summed E-state index contributed by atoms with van der Waals surface area (Å²) in [7, 11) is 1.31. The molecule has 1 saturated heterocycles. The lowest BCUT2D eigenvalue weighted by molar-refractivity contribution is -0.327. The number of amides is 5. The van der Waals surface area contributed by atoms with Crippen molar-refractivity contribution in [2.75, 3.05) is 33.4 Å². The molecule has 1 rings (SSSR count). The van der Waals surface area contributed by atoms with Crippen molar-refractivity contribution in [2.45, 2.75) is 114 Å². The zero-order valence-electron chi connectivity index (χ0n) is 28.5. The van der Waals surface area contributed by atoms with Gasteiger partial charge in [-0.1, -0.05) is 13.8 Å². The molecule has 0 bridgehead atoms. The largest absolute Gasteiger partial charge is 0.394 e. The molecule has 0 aromatic heterocycles. The van der Waals surface area contributed by atoms with Crippen LogP contribution in [0.4, 0.5) is 0 Å². The molecule has 1 aliphatic rings. The summed E-state index contributed by atoms with van der Waals surface area (Å²) in [5.74, 6) is -3.98. The molecule has 15 N–H and O–H groups in total. The average Bonchev–Trinajstić information content (AvgIpc) is 3.04. The van der Waals surface area contributed by atoms with Crippen LogP contribution in [0.15, 0.2) is 0 Å². The Kier molecular flexibility index (Phi) is 19.7. The van der Waals surface area contributed by atoms with E-state index in [9.17, 15) is 49.5 Å². The molecule has 0 aromatic carbocycles. The van der Waals surface area contributed by atoms with Gasteiger partial charge in [-0.25, -0.2) is 0 Å². The number of unbranched alkanes of at least 4 members (excludes halogenated alkanes) is 1. The highest BCUT2D eigenvalue weighted by Crippen LogP contribution is 2.23. The molecule has 0 radical (unpaired) electrons. The molecular formula is C29H56N8O12. The van der Waals surface area contributed by atoms with Crippen molar-refractivity contribution in [2.24, 2.45) is 23.1 Å². The fourth-order valence-electron chi connectivity index (χ4n) is 4.85. The van der Waals surface area contributed by atoms with Gasteiger partial charge in [0.15, 0.2) is 6.23 Å². The third-order valence-corrected chi connectivity index (χ3v) is 7.80. The molecule has 5 amide bonds. The fraction of sp³-hybridized carbons (Fsp3) is 0.828. The van der Waals surface area contributed by atoms with Gasteiger partial charge in [0.2, 0.25) is 29.5 Å². The first-order chi connectivity index (χ1) is 23.0. The number of carbonyl (C=O) groups excluding carboxylic acids is 5. The third-order valence-electron chi connectivity index (χ3n) is 7.80. The molecule has 20 heteroatoms. The smallest absolute Gasteiger partial charge is 0.245 e. The van der Waals surface area contributed by atoms with Crippen LogP contribution in [-0.4, -0.2) is 154 Å². The molecule has 0 aromatic rings. The van der Waals surface area contributed by atoms with Gasteiger partial charge >= 0.3 is 0 Å². The number of rotatable bonds is 22. The van der Waals surface area contributed by atoms with Crippen LogP contribution < -0.4 is 38.5 Å². The molecule has 49 heavy (non-hydrogen) atoms. The second-order valence-electron chi connectivity index (χ2n) is 12.4. The van der Waals surface area contributed by atoms with Crippen LogP contribution in [-0.2, 0) is 33.5 Å². The number of carbonyl (C=O) groups is 5. The van der Waals surface area contributed by atoms with E-state index in [4.69, 9.17) is 26.8 Å². The Labute approximate surface area is 285 Å². The lowest BCUT2D eigenvalue weighted by atomic mass is 9.98. The summed E-state index contributed by atoms with van der Waals surface area (Å²) in [6.07, 6.45) is -6.21. The predicted molar refractivity (Wildman–Crippen MR) is 172 cm³/mol. The van der Waals surface area contributed by atoms with Crippen molar-refractivity contribution in [3.8, 4) is 0 Å². The Balaban J connectivity index is 3.07. The minimum absolute atomic E-state index is 0.111. The number of hydrogen-bond acceptors (Lipinski definition) is 15. The zero-order chi connectivity index (χ0) is 37.4. The number of nitrogens with two attached hydrogens (primary N) is 3. The molecule has 10 atom stereocenters. The second-order valence-corrected chi connectivity index (χ2v) is 12.4. The minimum Gasteiger partial charge on any atom is -0.394 e. The normalized spacial score (nSPS) is 24.0. The summed E-state index contributed by atoms with van der Waals surface area (Å²) in [6, 6.07) is -6.13. The van der Waals surface area contributed by atoms with Crippen LogP contribution in [0.3, 0.4) is 0 Å². The Morgan fingerprint density at radius 3 is 1.96 bits per heavy atom. The van der Waals surface area contributed by atoms with Gasteiger partial charge in [0, 0.05) is 13.5 Å². The van der Waals surface area contributed by atoms with Crippen LogP contribution in [0.5, 0.6) is 0 Å². The third kappa shape index (κ3) is 14.4. The number of aliphatic hydroxyl groups excluding tert-OH is 5. The monoisotopic (exact) mass is 708 g/mol. The van der Waals surface area contributed by atoms with E-state index in [1.807, 2.05) is 13.8 Å². The molecule has 284 valence electrons. The number of hydrogen-bond donors (Lipinski definition) is 12. The molecule has 0 aliphatic carbocycles. The summed E-state index contributed by atoms with van der Waals surface area (Å²) >= 11 is 0. The predicted octanol–water partition coefficient (Wildman–Crippen LogP) is -6.02. The molecule has 1 aliphatic heterocycles. The van der Waals surface area contributed by atoms with E-state index in [-0.39, 0.29) is 25.4 Å². The molecule has 20 nitrogen and oxygen atoms in total. The van der Waals surface area contributed by atoms with Crippen molar-refractivity contribution in [1.82, 2.24) is 26.3 Å². The number of likely N-dealkylation sites (N-methyl/N-ethyl adjacent to an activating group) is 1. The first-order valence-corrected chi connectivity index (χ1v) is 16.2. The van der Waals surface area contributed by atoms with Crippen LogP contribution in [0.25, 0.3) is 0 Å². The van der Waals surface area contributed by atoms with Gasteiger partial charge in [0.25, 0.3) is 0 Å². The quantitative estimate of drug-likeness (QED) is 0.0368. The maximum Gasteiger partial charge on any atom is 0.245 e. The van der Waals surface area contributed by atoms with E-state index in [2.05, 4.69) is 21.3 Å². The molecule has 0 saturated carbocycles. The van der Waals surface area contributed by atoms with Gasteiger partial charge < -0.3 is 68.7 Å². The Morgan fingerprint density at radius 2 is 1.41 bits per heavy atom. The van der Waals surface area contributed by atoms with Crippen molar-refractivity contribution in [1.29, 1.82) is 0 Å². The van der Waals surface area contributed by atoms with Crippen molar-refractivity contribution < 1.29 is 59.1 Å². The summed E-state index contributed by atoms with van der Waals surface area (Å²) in [5.41, 5.74) is 16.8. The van der Waals surface area contributed by atoms with E-state index in [0.717, 1.165) is 5.06 Å². The summed E-state index contributed by atoms with van der Waals surface area (Å²) in [6.45, 7) is 3.57. The van der Waals surface area contributed by atoms with Crippen LogP contribution in [0, 0.1) is 5.92 Å². The average molecular weight is 709 g/mol. The zero-order valence-corrected chi connectivity index (χ0v) is 28.5. The number of primary amides is 1. The highest BCUT2D eigenvalue weighted by Gasteiger charge is 2.45. The maximum atomic E-state index is 13.4. The van der Waals surface area contributed by atoms with Gasteiger partial charge in [-0.2, -0.15) is 5.06 Å². The summed E-state index contributed by atoms with van der Waals surface area (Å²) in [4.78, 5) is 69.3. The second kappa shape index (κ2) is 21.9. The van der Waals surface area contributed by atoms with E-state index in [0.29, 0.717) is 25.8 Å². The Morgan fingerprint density at radius 1 is 0.816 bits per heavy atom. The SMILES string of the molecule is CC(C)C[C@H](N)C(=O)N[C@@H](C)C(=O)N[C@@H](CCON(C)[C@@H]1O[C@H](CO)[C@@H](O)[C@H](O)[C@H]1O)C(=O)N[C@@H](CO)C(=O)N[C@@H](CCCCN)C(N)=O. The lowest BCUT2D eigenvalue weighted by Crippen LogP contribution is -2.62.